The van der Waals surface area contributed by atoms with Crippen LogP contribution in [0.3, 0.4) is 0 Å². The van der Waals surface area contributed by atoms with E-state index in [2.05, 4.69) is 15.9 Å². The average molecular weight is 324 g/mol. The van der Waals surface area contributed by atoms with Crippen LogP contribution >= 0.6 is 15.9 Å². The molecule has 0 aliphatic carbocycles. The summed E-state index contributed by atoms with van der Waals surface area (Å²) < 4.78 is 15.7. The summed E-state index contributed by atoms with van der Waals surface area (Å²) in [6.45, 7) is 4.37. The Kier molecular flexibility index (Phi) is 4.20. The first-order chi connectivity index (χ1) is 8.97. The van der Waals surface area contributed by atoms with Gasteiger partial charge in [-0.15, -0.1) is 0 Å². The van der Waals surface area contributed by atoms with E-state index in [1.807, 2.05) is 36.9 Å². The number of ketones is 1. The van der Waals surface area contributed by atoms with Crippen molar-refractivity contribution in [1.82, 2.24) is 4.57 Å². The van der Waals surface area contributed by atoms with Gasteiger partial charge in [-0.3, -0.25) is 4.79 Å². The lowest BCUT2D eigenvalue weighted by molar-refractivity contribution is 0.0939. The van der Waals surface area contributed by atoms with Gasteiger partial charge >= 0.3 is 0 Å². The van der Waals surface area contributed by atoms with Crippen LogP contribution in [0.25, 0.3) is 0 Å². The molecular formula is C15H15BrFNO. The predicted molar refractivity (Wildman–Crippen MR) is 76.8 cm³/mol. The minimum Gasteiger partial charge on any atom is -0.349 e. The van der Waals surface area contributed by atoms with Gasteiger partial charge in [-0.05, 0) is 23.8 Å². The Hall–Kier alpha value is -1.42. The van der Waals surface area contributed by atoms with E-state index in [4.69, 9.17) is 0 Å². The number of Topliss-reactive ketones (excluding diaryl/α,β-unsaturated/α-hetero) is 1. The Labute approximate surface area is 120 Å². The first-order valence-electron chi connectivity index (χ1n) is 6.11. The first-order valence-corrected chi connectivity index (χ1v) is 6.90. The summed E-state index contributed by atoms with van der Waals surface area (Å²) in [5.74, 6) is -0.135. The largest absolute Gasteiger partial charge is 0.349 e. The molecule has 0 spiro atoms. The topological polar surface area (TPSA) is 22.0 Å². The zero-order valence-electron chi connectivity index (χ0n) is 10.9. The highest BCUT2D eigenvalue weighted by molar-refractivity contribution is 9.10. The maximum absolute atomic E-state index is 13.0. The molecule has 4 heteroatoms. The molecule has 0 saturated heterocycles. The zero-order chi connectivity index (χ0) is 14.0. The van der Waals surface area contributed by atoms with Gasteiger partial charge in [0.15, 0.2) is 5.78 Å². The fourth-order valence-electron chi connectivity index (χ4n) is 1.86. The summed E-state index contributed by atoms with van der Waals surface area (Å²) in [6.07, 6.45) is 3.70. The van der Waals surface area contributed by atoms with Crippen LogP contribution in [-0.2, 0) is 6.54 Å². The van der Waals surface area contributed by atoms with Crippen LogP contribution < -0.4 is 0 Å². The standard InChI is InChI=1S/C15H15BrFNO/c1-10(2)15(19)12-5-6-18(9-12)8-11-3-4-13(17)7-14(11)16/h3-7,9-10H,8H2,1-2H3. The van der Waals surface area contributed by atoms with Gasteiger partial charge < -0.3 is 4.57 Å². The van der Waals surface area contributed by atoms with Crippen molar-refractivity contribution in [3.8, 4) is 0 Å². The Balaban J connectivity index is 2.18. The predicted octanol–water partition coefficient (Wildman–Crippen LogP) is 4.28. The van der Waals surface area contributed by atoms with Crippen molar-refractivity contribution in [3.63, 3.8) is 0 Å². The maximum Gasteiger partial charge on any atom is 0.166 e. The van der Waals surface area contributed by atoms with Crippen LogP contribution in [0.4, 0.5) is 4.39 Å². The van der Waals surface area contributed by atoms with Gasteiger partial charge in [-0.1, -0.05) is 35.8 Å². The van der Waals surface area contributed by atoms with Crippen LogP contribution in [0.2, 0.25) is 0 Å². The van der Waals surface area contributed by atoms with Crippen molar-refractivity contribution < 1.29 is 9.18 Å². The lowest BCUT2D eigenvalue weighted by Crippen LogP contribution is -2.06. The van der Waals surface area contributed by atoms with E-state index in [1.54, 1.807) is 6.07 Å². The smallest absolute Gasteiger partial charge is 0.166 e. The van der Waals surface area contributed by atoms with E-state index < -0.39 is 0 Å². The molecule has 0 aliphatic heterocycles. The lowest BCUT2D eigenvalue weighted by Gasteiger charge is -2.06. The summed E-state index contributed by atoms with van der Waals surface area (Å²) in [5.41, 5.74) is 1.69. The summed E-state index contributed by atoms with van der Waals surface area (Å²) in [4.78, 5) is 11.8. The van der Waals surface area contributed by atoms with Crippen molar-refractivity contribution in [2.45, 2.75) is 20.4 Å². The van der Waals surface area contributed by atoms with Gasteiger partial charge in [0.05, 0.1) is 0 Å². The molecule has 0 saturated carbocycles. The molecule has 2 nitrogen and oxygen atoms in total. The molecule has 0 bridgehead atoms. The monoisotopic (exact) mass is 323 g/mol. The van der Waals surface area contributed by atoms with Crippen molar-refractivity contribution >= 4 is 21.7 Å². The van der Waals surface area contributed by atoms with Crippen molar-refractivity contribution in [2.24, 2.45) is 5.92 Å². The van der Waals surface area contributed by atoms with Crippen LogP contribution in [0.5, 0.6) is 0 Å². The van der Waals surface area contributed by atoms with Crippen LogP contribution in [-0.4, -0.2) is 10.4 Å². The minimum atomic E-state index is -0.265. The molecule has 0 aliphatic rings. The molecule has 1 aromatic carbocycles. The molecule has 0 unspecified atom stereocenters. The number of nitrogens with zero attached hydrogens (tertiary/aromatic N) is 1. The Bertz CT molecular complexity index is 604. The molecule has 0 atom stereocenters. The van der Waals surface area contributed by atoms with E-state index in [1.165, 1.54) is 12.1 Å². The molecule has 2 aromatic rings. The second-order valence-corrected chi connectivity index (χ2v) is 5.68. The molecule has 0 amide bonds. The SMILES string of the molecule is CC(C)C(=O)c1ccn(Cc2ccc(F)cc2Br)c1. The third-order valence-corrected chi connectivity index (χ3v) is 3.67. The van der Waals surface area contributed by atoms with E-state index in [-0.39, 0.29) is 17.5 Å². The van der Waals surface area contributed by atoms with Gasteiger partial charge in [0.1, 0.15) is 5.82 Å². The van der Waals surface area contributed by atoms with Gasteiger partial charge in [0, 0.05) is 34.9 Å². The summed E-state index contributed by atoms with van der Waals surface area (Å²) in [5, 5.41) is 0. The summed E-state index contributed by atoms with van der Waals surface area (Å²) in [7, 11) is 0. The van der Waals surface area contributed by atoms with Gasteiger partial charge in [0.25, 0.3) is 0 Å². The van der Waals surface area contributed by atoms with E-state index in [9.17, 15) is 9.18 Å². The second-order valence-electron chi connectivity index (χ2n) is 4.83. The highest BCUT2D eigenvalue weighted by atomic mass is 79.9. The Morgan fingerprint density at radius 1 is 1.37 bits per heavy atom. The molecule has 19 heavy (non-hydrogen) atoms. The number of halogens is 2. The number of benzene rings is 1. The number of hydrogen-bond donors (Lipinski definition) is 0. The average Bonchev–Trinajstić information content (AvgIpc) is 2.80. The summed E-state index contributed by atoms with van der Waals surface area (Å²) in [6, 6.07) is 6.44. The summed E-state index contributed by atoms with van der Waals surface area (Å²) >= 11 is 3.34. The third-order valence-electron chi connectivity index (χ3n) is 2.93. The fraction of sp³-hybridized carbons (Fsp3) is 0.267. The van der Waals surface area contributed by atoms with E-state index in [0.717, 1.165) is 10.0 Å². The highest BCUT2D eigenvalue weighted by Gasteiger charge is 2.12. The molecule has 2 rings (SSSR count). The van der Waals surface area contributed by atoms with Crippen LogP contribution in [0, 0.1) is 11.7 Å². The molecule has 1 heterocycles. The molecule has 0 radical (unpaired) electrons. The van der Waals surface area contributed by atoms with Crippen molar-refractivity contribution in [2.75, 3.05) is 0 Å². The van der Waals surface area contributed by atoms with Gasteiger partial charge in [0.2, 0.25) is 0 Å². The van der Waals surface area contributed by atoms with Gasteiger partial charge in [-0.2, -0.15) is 0 Å². The molecular weight excluding hydrogens is 309 g/mol. The second kappa shape index (κ2) is 5.70. The zero-order valence-corrected chi connectivity index (χ0v) is 12.4. The number of rotatable bonds is 4. The maximum atomic E-state index is 13.0. The van der Waals surface area contributed by atoms with Crippen molar-refractivity contribution in [3.05, 3.63) is 58.1 Å². The molecule has 0 fully saturated rings. The number of aromatic nitrogens is 1. The first kappa shape index (κ1) is 14.0. The quantitative estimate of drug-likeness (QED) is 0.770. The molecule has 1 aromatic heterocycles. The lowest BCUT2D eigenvalue weighted by atomic mass is 10.0. The fourth-order valence-corrected chi connectivity index (χ4v) is 2.34. The van der Waals surface area contributed by atoms with E-state index in [0.29, 0.717) is 12.1 Å². The number of hydrogen-bond acceptors (Lipinski definition) is 1. The van der Waals surface area contributed by atoms with Crippen molar-refractivity contribution in [1.29, 1.82) is 0 Å². The van der Waals surface area contributed by atoms with Gasteiger partial charge in [-0.25, -0.2) is 4.39 Å². The number of carbonyl (C=O) groups is 1. The number of carbonyl (C=O) groups excluding carboxylic acids is 1. The normalized spacial score (nSPS) is 11.0. The Morgan fingerprint density at radius 2 is 2.11 bits per heavy atom. The molecule has 100 valence electrons. The minimum absolute atomic E-state index is 0.00610. The highest BCUT2D eigenvalue weighted by Crippen LogP contribution is 2.20. The van der Waals surface area contributed by atoms with Crippen LogP contribution in [0.1, 0.15) is 29.8 Å². The van der Waals surface area contributed by atoms with Crippen LogP contribution in [0.15, 0.2) is 41.1 Å². The third kappa shape index (κ3) is 3.32. The Morgan fingerprint density at radius 3 is 2.74 bits per heavy atom. The van der Waals surface area contributed by atoms with E-state index >= 15 is 0 Å². The molecule has 0 N–H and O–H groups in total.